The Labute approximate surface area is 129 Å². The number of nitrogens with two attached hydrogens (primary N) is 1. The van der Waals surface area contributed by atoms with E-state index in [1.807, 2.05) is 0 Å². The minimum atomic E-state index is -0.373. The van der Waals surface area contributed by atoms with Crippen molar-refractivity contribution in [3.05, 3.63) is 35.6 Å². The standard InChI is InChI=1S/C15H19FN2O2.ClH/c16-12-3-1-11(2-4-12)14(19)5-6-15(20)18-9-7-13(17)8-10-18;/h1-4,13H,5-10,17H2;1H. The molecule has 2 rings (SSSR count). The van der Waals surface area contributed by atoms with Crippen LogP contribution < -0.4 is 5.73 Å². The van der Waals surface area contributed by atoms with Crippen LogP contribution in [0.25, 0.3) is 0 Å². The summed E-state index contributed by atoms with van der Waals surface area (Å²) < 4.78 is 12.8. The molecule has 1 aromatic carbocycles. The number of piperidine rings is 1. The minimum Gasteiger partial charge on any atom is -0.343 e. The fourth-order valence-corrected chi connectivity index (χ4v) is 2.31. The summed E-state index contributed by atoms with van der Waals surface area (Å²) in [5.74, 6) is -0.512. The molecule has 1 heterocycles. The van der Waals surface area contributed by atoms with Gasteiger partial charge in [0.25, 0.3) is 0 Å². The van der Waals surface area contributed by atoms with Gasteiger partial charge in [-0.05, 0) is 37.1 Å². The maximum Gasteiger partial charge on any atom is 0.223 e. The number of carbonyl (C=O) groups is 2. The van der Waals surface area contributed by atoms with Gasteiger partial charge in [-0.15, -0.1) is 12.4 Å². The third-order valence-corrected chi connectivity index (χ3v) is 3.62. The topological polar surface area (TPSA) is 63.4 Å². The molecule has 0 spiro atoms. The zero-order chi connectivity index (χ0) is 14.5. The lowest BCUT2D eigenvalue weighted by atomic mass is 10.0. The summed E-state index contributed by atoms with van der Waals surface area (Å²) in [6.07, 6.45) is 1.99. The second-order valence-corrected chi connectivity index (χ2v) is 5.15. The van der Waals surface area contributed by atoms with E-state index in [-0.39, 0.29) is 48.8 Å². The van der Waals surface area contributed by atoms with Crippen LogP contribution in [0.5, 0.6) is 0 Å². The monoisotopic (exact) mass is 314 g/mol. The number of benzene rings is 1. The van der Waals surface area contributed by atoms with Crippen LogP contribution in [0.3, 0.4) is 0 Å². The Morgan fingerprint density at radius 3 is 2.29 bits per heavy atom. The molecule has 0 unspecified atom stereocenters. The Hall–Kier alpha value is -1.46. The third kappa shape index (κ3) is 5.10. The molecule has 6 heteroatoms. The van der Waals surface area contributed by atoms with Gasteiger partial charge >= 0.3 is 0 Å². The van der Waals surface area contributed by atoms with E-state index in [9.17, 15) is 14.0 Å². The van der Waals surface area contributed by atoms with Crippen LogP contribution in [0.4, 0.5) is 4.39 Å². The van der Waals surface area contributed by atoms with Crippen LogP contribution >= 0.6 is 12.4 Å². The van der Waals surface area contributed by atoms with Gasteiger partial charge in [-0.2, -0.15) is 0 Å². The van der Waals surface area contributed by atoms with Gasteiger partial charge in [0.15, 0.2) is 5.78 Å². The van der Waals surface area contributed by atoms with Gasteiger partial charge in [-0.3, -0.25) is 9.59 Å². The van der Waals surface area contributed by atoms with Gasteiger partial charge in [-0.25, -0.2) is 4.39 Å². The number of halogens is 2. The second-order valence-electron chi connectivity index (χ2n) is 5.15. The predicted molar refractivity (Wildman–Crippen MR) is 81.0 cm³/mol. The largest absolute Gasteiger partial charge is 0.343 e. The van der Waals surface area contributed by atoms with E-state index >= 15 is 0 Å². The minimum absolute atomic E-state index is 0. The average molecular weight is 315 g/mol. The van der Waals surface area contributed by atoms with E-state index < -0.39 is 0 Å². The summed E-state index contributed by atoms with van der Waals surface area (Å²) >= 11 is 0. The lowest BCUT2D eigenvalue weighted by molar-refractivity contribution is -0.132. The molecule has 0 atom stereocenters. The van der Waals surface area contributed by atoms with Crippen molar-refractivity contribution in [1.29, 1.82) is 0 Å². The lowest BCUT2D eigenvalue weighted by Gasteiger charge is -2.30. The Bertz CT molecular complexity index is 485. The highest BCUT2D eigenvalue weighted by Crippen LogP contribution is 2.12. The number of hydrogen-bond acceptors (Lipinski definition) is 3. The molecule has 1 aromatic rings. The van der Waals surface area contributed by atoms with Crippen molar-refractivity contribution >= 4 is 24.1 Å². The molecular weight excluding hydrogens is 295 g/mol. The van der Waals surface area contributed by atoms with Gasteiger partial charge in [0.2, 0.25) is 5.91 Å². The summed E-state index contributed by atoms with van der Waals surface area (Å²) in [6.45, 7) is 1.34. The van der Waals surface area contributed by atoms with E-state index in [2.05, 4.69) is 0 Å². The van der Waals surface area contributed by atoms with Crippen molar-refractivity contribution in [3.8, 4) is 0 Å². The molecule has 0 bridgehead atoms. The fourth-order valence-electron chi connectivity index (χ4n) is 2.31. The number of rotatable bonds is 4. The first kappa shape index (κ1) is 17.6. The normalized spacial score (nSPS) is 15.4. The van der Waals surface area contributed by atoms with Crippen LogP contribution in [-0.4, -0.2) is 35.7 Å². The van der Waals surface area contributed by atoms with Crippen molar-refractivity contribution in [3.63, 3.8) is 0 Å². The van der Waals surface area contributed by atoms with E-state index in [1.54, 1.807) is 4.90 Å². The molecule has 1 aliphatic heterocycles. The van der Waals surface area contributed by atoms with Crippen molar-refractivity contribution in [2.24, 2.45) is 5.73 Å². The quantitative estimate of drug-likeness (QED) is 0.866. The smallest absolute Gasteiger partial charge is 0.223 e. The summed E-state index contributed by atoms with van der Waals surface area (Å²) in [7, 11) is 0. The molecule has 116 valence electrons. The van der Waals surface area contributed by atoms with Crippen molar-refractivity contribution in [2.45, 2.75) is 31.7 Å². The summed E-state index contributed by atoms with van der Waals surface area (Å²) in [6, 6.07) is 5.58. The molecule has 0 saturated carbocycles. The van der Waals surface area contributed by atoms with Crippen LogP contribution in [0.1, 0.15) is 36.0 Å². The van der Waals surface area contributed by atoms with Crippen molar-refractivity contribution < 1.29 is 14.0 Å². The van der Waals surface area contributed by atoms with Gasteiger partial charge in [0, 0.05) is 37.5 Å². The van der Waals surface area contributed by atoms with E-state index in [1.165, 1.54) is 24.3 Å². The van der Waals surface area contributed by atoms with E-state index in [4.69, 9.17) is 5.73 Å². The maximum absolute atomic E-state index is 12.8. The molecule has 1 saturated heterocycles. The first-order chi connectivity index (χ1) is 9.56. The number of amides is 1. The van der Waals surface area contributed by atoms with E-state index in [0.717, 1.165) is 12.8 Å². The highest BCUT2D eigenvalue weighted by atomic mass is 35.5. The Balaban J connectivity index is 0.00000220. The SMILES string of the molecule is Cl.NC1CCN(C(=O)CCC(=O)c2ccc(F)cc2)CC1. The lowest BCUT2D eigenvalue weighted by Crippen LogP contribution is -2.42. The molecule has 0 aromatic heterocycles. The Morgan fingerprint density at radius 1 is 1.14 bits per heavy atom. The highest BCUT2D eigenvalue weighted by Gasteiger charge is 2.21. The van der Waals surface area contributed by atoms with Crippen molar-refractivity contribution in [2.75, 3.05) is 13.1 Å². The third-order valence-electron chi connectivity index (χ3n) is 3.62. The van der Waals surface area contributed by atoms with Crippen LogP contribution in [-0.2, 0) is 4.79 Å². The van der Waals surface area contributed by atoms with Crippen molar-refractivity contribution in [1.82, 2.24) is 4.90 Å². The molecule has 0 radical (unpaired) electrons. The molecule has 2 N–H and O–H groups in total. The number of Topliss-reactive ketones (excluding diaryl/α,β-unsaturated/α-hetero) is 1. The zero-order valence-electron chi connectivity index (χ0n) is 11.8. The maximum atomic E-state index is 12.8. The first-order valence-electron chi connectivity index (χ1n) is 6.88. The number of carbonyl (C=O) groups excluding carboxylic acids is 2. The van der Waals surface area contributed by atoms with Gasteiger partial charge in [0.1, 0.15) is 5.82 Å². The summed E-state index contributed by atoms with van der Waals surface area (Å²) in [5.41, 5.74) is 6.23. The highest BCUT2D eigenvalue weighted by molar-refractivity contribution is 5.97. The van der Waals surface area contributed by atoms with Gasteiger partial charge < -0.3 is 10.6 Å². The molecule has 21 heavy (non-hydrogen) atoms. The zero-order valence-corrected chi connectivity index (χ0v) is 12.6. The molecular formula is C15H20ClFN2O2. The number of likely N-dealkylation sites (tertiary alicyclic amines) is 1. The van der Waals surface area contributed by atoms with E-state index in [0.29, 0.717) is 18.7 Å². The van der Waals surface area contributed by atoms with Crippen LogP contribution in [0, 0.1) is 5.82 Å². The second kappa shape index (κ2) is 8.10. The van der Waals surface area contributed by atoms with Gasteiger partial charge in [0.05, 0.1) is 0 Å². The number of hydrogen-bond donors (Lipinski definition) is 1. The predicted octanol–water partition coefficient (Wildman–Crippen LogP) is 2.16. The molecule has 0 aliphatic carbocycles. The Kier molecular flexibility index (Phi) is 6.78. The molecule has 1 aliphatic rings. The molecule has 1 amide bonds. The molecule has 4 nitrogen and oxygen atoms in total. The first-order valence-corrected chi connectivity index (χ1v) is 6.88. The average Bonchev–Trinajstić information content (AvgIpc) is 2.46. The number of ketones is 1. The molecule has 1 fully saturated rings. The Morgan fingerprint density at radius 2 is 1.71 bits per heavy atom. The van der Waals surface area contributed by atoms with Crippen LogP contribution in [0.2, 0.25) is 0 Å². The van der Waals surface area contributed by atoms with Gasteiger partial charge in [-0.1, -0.05) is 0 Å². The number of nitrogens with zero attached hydrogens (tertiary/aromatic N) is 1. The summed E-state index contributed by atoms with van der Waals surface area (Å²) in [5, 5.41) is 0. The summed E-state index contributed by atoms with van der Waals surface area (Å²) in [4.78, 5) is 25.6. The fraction of sp³-hybridized carbons (Fsp3) is 0.467. The van der Waals surface area contributed by atoms with Crippen LogP contribution in [0.15, 0.2) is 24.3 Å².